The van der Waals surface area contributed by atoms with Crippen LogP contribution < -0.4 is 27.4 Å². The van der Waals surface area contributed by atoms with Crippen molar-refractivity contribution >= 4 is 55.6 Å². The molecule has 5 rings (SSSR count). The molecule has 1 saturated carbocycles. The molecule has 0 spiro atoms. The Balaban J connectivity index is 1.38. The molecule has 4 heterocycles. The molecule has 12 nitrogen and oxygen atoms in total. The number of rotatable bonds is 9. The molecule has 3 aromatic heterocycles. The lowest BCUT2D eigenvalue weighted by atomic mass is 9.53. The van der Waals surface area contributed by atoms with E-state index in [1.165, 1.54) is 0 Å². The van der Waals surface area contributed by atoms with E-state index in [0.717, 1.165) is 20.3 Å². The van der Waals surface area contributed by atoms with Crippen LogP contribution in [0.25, 0.3) is 0 Å². The Morgan fingerprint density at radius 1 is 1.08 bits per heavy atom. The first-order valence-electron chi connectivity index (χ1n) is 11.4. The van der Waals surface area contributed by atoms with Crippen molar-refractivity contribution in [3.63, 3.8) is 0 Å². The lowest BCUT2D eigenvalue weighted by Crippen LogP contribution is -2.58. The van der Waals surface area contributed by atoms with Crippen molar-refractivity contribution in [1.82, 2.24) is 35.9 Å². The van der Waals surface area contributed by atoms with Crippen LogP contribution in [0.2, 0.25) is 0 Å². The number of aromatic amines is 3. The fraction of sp³-hybridized carbons (Fsp3) is 0.364. The number of carbonyl (C=O) groups excluding carboxylic acids is 2. The van der Waals surface area contributed by atoms with E-state index in [-0.39, 0.29) is 41.4 Å². The molecule has 1 aliphatic carbocycles. The summed E-state index contributed by atoms with van der Waals surface area (Å²) in [6.45, 7) is 1.63. The molecule has 190 valence electrons. The molecule has 1 aliphatic heterocycles. The second kappa shape index (κ2) is 10.1. The maximum atomic E-state index is 12.8. The molecule has 3 aromatic rings. The standard InChI is InChI=1S/C22H26Br2N10O2/c23-9-1-11(28-3-9)5-27-6-12-13(7-30-19(35)14-2-10(24)4-29-14)17(18-20(36)34-22(26)33-18)16(12)15-8-31-21(25)32-15/h1-4,8,12-13,16-18,27-29H,5-7H2,(H,30,35)(H3,25,31,32)(H3,26,33,34,36)/t12-,13-,16-,17+,18?/m1/s1. The lowest BCUT2D eigenvalue weighted by Gasteiger charge is -2.53. The van der Waals surface area contributed by atoms with Crippen molar-refractivity contribution in [2.75, 3.05) is 18.8 Å². The Labute approximate surface area is 223 Å². The number of amides is 2. The zero-order valence-corrected chi connectivity index (χ0v) is 22.2. The Morgan fingerprint density at radius 2 is 1.86 bits per heavy atom. The highest BCUT2D eigenvalue weighted by atomic mass is 79.9. The van der Waals surface area contributed by atoms with Crippen LogP contribution in [-0.2, 0) is 11.3 Å². The normalized spacial score (nSPS) is 25.3. The maximum Gasteiger partial charge on any atom is 0.267 e. The number of anilines is 1. The number of guanidine groups is 1. The van der Waals surface area contributed by atoms with Crippen molar-refractivity contribution in [2.24, 2.45) is 28.5 Å². The van der Waals surface area contributed by atoms with E-state index in [2.05, 4.69) is 72.7 Å². The fourth-order valence-electron chi connectivity index (χ4n) is 5.31. The number of H-pyrrole nitrogens is 3. The zero-order chi connectivity index (χ0) is 25.4. The number of aliphatic imine (C=N–C) groups is 1. The van der Waals surface area contributed by atoms with Gasteiger partial charge in [-0.1, -0.05) is 0 Å². The number of carbonyl (C=O) groups is 2. The van der Waals surface area contributed by atoms with Gasteiger partial charge < -0.3 is 37.1 Å². The average molecular weight is 622 g/mol. The quantitative estimate of drug-likeness (QED) is 0.176. The molecular formula is C22H26Br2N10O2. The van der Waals surface area contributed by atoms with E-state index >= 15 is 0 Å². The van der Waals surface area contributed by atoms with Crippen LogP contribution in [0.5, 0.6) is 0 Å². The summed E-state index contributed by atoms with van der Waals surface area (Å²) in [7, 11) is 0. The van der Waals surface area contributed by atoms with Crippen molar-refractivity contribution in [3.8, 4) is 0 Å². The highest BCUT2D eigenvalue weighted by Gasteiger charge is 2.57. The number of imidazole rings is 1. The second-order valence-electron chi connectivity index (χ2n) is 9.02. The molecule has 2 aliphatic rings. The van der Waals surface area contributed by atoms with Gasteiger partial charge in [0.05, 0.1) is 6.20 Å². The number of nitrogens with one attached hydrogen (secondary N) is 6. The minimum absolute atomic E-state index is 0.0600. The van der Waals surface area contributed by atoms with Gasteiger partial charge in [-0.05, 0) is 62.4 Å². The van der Waals surface area contributed by atoms with Gasteiger partial charge in [-0.15, -0.1) is 0 Å². The van der Waals surface area contributed by atoms with Gasteiger partial charge in [-0.2, -0.15) is 0 Å². The topological polar surface area (TPSA) is 195 Å². The van der Waals surface area contributed by atoms with Gasteiger partial charge in [-0.3, -0.25) is 14.9 Å². The molecule has 0 bridgehead atoms. The molecule has 36 heavy (non-hydrogen) atoms. The van der Waals surface area contributed by atoms with Gasteiger partial charge in [-0.25, -0.2) is 9.98 Å². The predicted octanol–water partition coefficient (Wildman–Crippen LogP) is 1.15. The average Bonchev–Trinajstić information content (AvgIpc) is 3.60. The summed E-state index contributed by atoms with van der Waals surface area (Å²) in [5.74, 6) is -0.371. The summed E-state index contributed by atoms with van der Waals surface area (Å²) in [5.41, 5.74) is 14.0. The SMILES string of the molecule is NC1=NC([C@H]2[C@H](CNC(=O)c3cc(Br)c[nH]3)[C@@H](CNCc3cc(Br)c[nH]3)[C@@H]2c2cnc(N)[nH]2)C(=O)N1. The molecule has 5 atom stereocenters. The smallest absolute Gasteiger partial charge is 0.267 e. The Bertz CT molecular complexity index is 1300. The number of hydrogen-bond acceptors (Lipinski definition) is 7. The summed E-state index contributed by atoms with van der Waals surface area (Å²) in [4.78, 5) is 43.3. The third kappa shape index (κ3) is 4.92. The summed E-state index contributed by atoms with van der Waals surface area (Å²) in [6, 6.07) is 3.06. The van der Waals surface area contributed by atoms with Crippen LogP contribution in [0.15, 0.2) is 44.7 Å². The Kier molecular flexibility index (Phi) is 6.90. The predicted molar refractivity (Wildman–Crippen MR) is 141 cm³/mol. The Morgan fingerprint density at radius 3 is 2.47 bits per heavy atom. The third-order valence-electron chi connectivity index (χ3n) is 6.85. The minimum Gasteiger partial charge on any atom is -0.370 e. The lowest BCUT2D eigenvalue weighted by molar-refractivity contribution is -0.124. The molecule has 1 unspecified atom stereocenters. The van der Waals surface area contributed by atoms with Crippen LogP contribution in [0.1, 0.15) is 27.8 Å². The van der Waals surface area contributed by atoms with E-state index in [0.29, 0.717) is 31.3 Å². The van der Waals surface area contributed by atoms with Crippen molar-refractivity contribution in [2.45, 2.75) is 18.5 Å². The molecular weight excluding hydrogens is 596 g/mol. The van der Waals surface area contributed by atoms with E-state index in [1.54, 1.807) is 18.5 Å². The summed E-state index contributed by atoms with van der Waals surface area (Å²) < 4.78 is 1.77. The van der Waals surface area contributed by atoms with Gasteiger partial charge >= 0.3 is 0 Å². The first-order valence-corrected chi connectivity index (χ1v) is 13.0. The summed E-state index contributed by atoms with van der Waals surface area (Å²) in [5, 5.41) is 9.13. The highest BCUT2D eigenvalue weighted by molar-refractivity contribution is 9.10. The number of aromatic nitrogens is 4. The maximum absolute atomic E-state index is 12.8. The van der Waals surface area contributed by atoms with Crippen LogP contribution in [0.3, 0.4) is 0 Å². The van der Waals surface area contributed by atoms with E-state index in [1.807, 2.05) is 12.3 Å². The van der Waals surface area contributed by atoms with Crippen LogP contribution >= 0.6 is 31.9 Å². The van der Waals surface area contributed by atoms with Crippen molar-refractivity contribution in [1.29, 1.82) is 0 Å². The molecule has 2 amide bonds. The zero-order valence-electron chi connectivity index (χ0n) is 19.0. The van der Waals surface area contributed by atoms with Gasteiger partial charge in [0.1, 0.15) is 11.7 Å². The van der Waals surface area contributed by atoms with E-state index in [4.69, 9.17) is 11.5 Å². The third-order valence-corrected chi connectivity index (χ3v) is 7.77. The van der Waals surface area contributed by atoms with Crippen molar-refractivity contribution < 1.29 is 9.59 Å². The second-order valence-corrected chi connectivity index (χ2v) is 10.9. The van der Waals surface area contributed by atoms with E-state index < -0.39 is 6.04 Å². The number of nitrogens with zero attached hydrogens (tertiary/aromatic N) is 2. The molecule has 0 radical (unpaired) electrons. The van der Waals surface area contributed by atoms with Gasteiger partial charge in [0, 0.05) is 57.7 Å². The summed E-state index contributed by atoms with van der Waals surface area (Å²) in [6.07, 6.45) is 5.28. The number of halogens is 2. The monoisotopic (exact) mass is 620 g/mol. The molecule has 0 aromatic carbocycles. The molecule has 1 fully saturated rings. The molecule has 10 N–H and O–H groups in total. The molecule has 14 heteroatoms. The van der Waals surface area contributed by atoms with E-state index in [9.17, 15) is 9.59 Å². The van der Waals surface area contributed by atoms with Gasteiger partial charge in [0.25, 0.3) is 11.8 Å². The van der Waals surface area contributed by atoms with Gasteiger partial charge in [0.2, 0.25) is 0 Å². The first-order chi connectivity index (χ1) is 17.3. The minimum atomic E-state index is -0.670. The first kappa shape index (κ1) is 24.6. The van der Waals surface area contributed by atoms with Gasteiger partial charge in [0.15, 0.2) is 11.9 Å². The number of hydrogen-bond donors (Lipinski definition) is 8. The fourth-order valence-corrected chi connectivity index (χ4v) is 6.04. The van der Waals surface area contributed by atoms with Crippen LogP contribution in [0, 0.1) is 17.8 Å². The molecule has 0 saturated heterocycles. The van der Waals surface area contributed by atoms with Crippen LogP contribution in [-0.4, -0.2) is 56.8 Å². The Hall–Kier alpha value is -3.10. The number of nitrogens with two attached hydrogens (primary N) is 2. The van der Waals surface area contributed by atoms with Crippen molar-refractivity contribution in [3.05, 3.63) is 56.8 Å². The highest BCUT2D eigenvalue weighted by Crippen LogP contribution is 2.54. The van der Waals surface area contributed by atoms with Crippen LogP contribution in [0.4, 0.5) is 5.95 Å². The summed E-state index contributed by atoms with van der Waals surface area (Å²) >= 11 is 6.80. The number of nitrogen functional groups attached to an aromatic ring is 1. The largest absolute Gasteiger partial charge is 0.370 e.